The number of hydrogen-bond acceptors (Lipinski definition) is 3. The Labute approximate surface area is 145 Å². The van der Waals surface area contributed by atoms with Gasteiger partial charge in [0.05, 0.1) is 17.5 Å². The average Bonchev–Trinajstić information content (AvgIpc) is 2.91. The van der Waals surface area contributed by atoms with Crippen molar-refractivity contribution in [3.05, 3.63) is 47.8 Å². The molecule has 1 aromatic heterocycles. The van der Waals surface area contributed by atoms with Gasteiger partial charge < -0.3 is 10.4 Å². The quantitative estimate of drug-likeness (QED) is 0.772. The lowest BCUT2D eigenvalue weighted by Gasteiger charge is -2.26. The maximum atomic E-state index is 9.61. The molecule has 1 aromatic carbocycles. The largest absolute Gasteiger partial charge is 0.393 e. The van der Waals surface area contributed by atoms with Crippen LogP contribution in [-0.4, -0.2) is 27.5 Å². The fourth-order valence-electron chi connectivity index (χ4n) is 3.17. The molecule has 1 atom stereocenters. The molecule has 0 spiro atoms. The Bertz CT molecular complexity index is 630. The van der Waals surface area contributed by atoms with Crippen molar-refractivity contribution in [1.29, 1.82) is 0 Å². The first-order valence-corrected chi connectivity index (χ1v) is 8.81. The molecule has 2 rings (SSSR count). The van der Waals surface area contributed by atoms with E-state index in [1.807, 2.05) is 29.8 Å². The summed E-state index contributed by atoms with van der Waals surface area (Å²) in [7, 11) is 0. The van der Waals surface area contributed by atoms with Crippen molar-refractivity contribution in [3.63, 3.8) is 0 Å². The van der Waals surface area contributed by atoms with E-state index in [4.69, 9.17) is 5.10 Å². The minimum Gasteiger partial charge on any atom is -0.393 e. The van der Waals surface area contributed by atoms with Gasteiger partial charge in [0.1, 0.15) is 0 Å². The number of aromatic nitrogens is 2. The van der Waals surface area contributed by atoms with Gasteiger partial charge in [0.25, 0.3) is 0 Å². The fourth-order valence-corrected chi connectivity index (χ4v) is 3.17. The normalized spacial score (nSPS) is 13.5. The lowest BCUT2D eigenvalue weighted by molar-refractivity contribution is 0.128. The fraction of sp³-hybridized carbons (Fsp3) is 0.550. The first-order valence-electron chi connectivity index (χ1n) is 8.81. The molecule has 0 saturated carbocycles. The molecule has 0 bridgehead atoms. The zero-order chi connectivity index (χ0) is 17.7. The van der Waals surface area contributed by atoms with Gasteiger partial charge in [-0.2, -0.15) is 5.10 Å². The van der Waals surface area contributed by atoms with Crippen LogP contribution in [0.2, 0.25) is 0 Å². The number of aliphatic hydroxyl groups excluding tert-OH is 1. The van der Waals surface area contributed by atoms with Crippen LogP contribution >= 0.6 is 0 Å². The SMILES string of the molecule is CC(O)CC(C)(C)CNCc1cn(-c2ccccc2)nc1C(C)C. The van der Waals surface area contributed by atoms with Crippen molar-refractivity contribution in [2.45, 2.75) is 59.6 Å². The van der Waals surface area contributed by atoms with Crippen LogP contribution < -0.4 is 5.32 Å². The maximum Gasteiger partial charge on any atom is 0.0699 e. The molecule has 1 unspecified atom stereocenters. The van der Waals surface area contributed by atoms with E-state index in [1.165, 1.54) is 5.56 Å². The smallest absolute Gasteiger partial charge is 0.0699 e. The van der Waals surface area contributed by atoms with Crippen LogP contribution in [0.1, 0.15) is 58.2 Å². The molecule has 24 heavy (non-hydrogen) atoms. The molecule has 0 aliphatic carbocycles. The number of rotatable bonds is 8. The van der Waals surface area contributed by atoms with E-state index < -0.39 is 0 Å². The van der Waals surface area contributed by atoms with Crippen LogP contribution in [0, 0.1) is 5.41 Å². The second kappa shape index (κ2) is 7.95. The lowest BCUT2D eigenvalue weighted by Crippen LogP contribution is -2.31. The van der Waals surface area contributed by atoms with E-state index >= 15 is 0 Å². The highest BCUT2D eigenvalue weighted by Gasteiger charge is 2.20. The number of benzene rings is 1. The van der Waals surface area contributed by atoms with Crippen molar-refractivity contribution in [2.75, 3.05) is 6.54 Å². The third kappa shape index (κ3) is 5.18. The van der Waals surface area contributed by atoms with E-state index in [0.717, 1.165) is 30.9 Å². The van der Waals surface area contributed by atoms with Crippen LogP contribution in [0.4, 0.5) is 0 Å². The number of nitrogens with zero attached hydrogens (tertiary/aromatic N) is 2. The van der Waals surface area contributed by atoms with Gasteiger partial charge in [0, 0.05) is 24.8 Å². The van der Waals surface area contributed by atoms with E-state index in [2.05, 4.69) is 51.3 Å². The maximum absolute atomic E-state index is 9.61. The summed E-state index contributed by atoms with van der Waals surface area (Å²) in [6, 6.07) is 10.2. The number of hydrogen-bond donors (Lipinski definition) is 2. The Morgan fingerprint density at radius 1 is 1.17 bits per heavy atom. The van der Waals surface area contributed by atoms with Crippen LogP contribution in [0.3, 0.4) is 0 Å². The molecule has 0 saturated heterocycles. The molecule has 2 N–H and O–H groups in total. The van der Waals surface area contributed by atoms with E-state index in [0.29, 0.717) is 5.92 Å². The van der Waals surface area contributed by atoms with Gasteiger partial charge in [0.15, 0.2) is 0 Å². The van der Waals surface area contributed by atoms with E-state index in [9.17, 15) is 5.11 Å². The Kier molecular flexibility index (Phi) is 6.19. The Balaban J connectivity index is 2.08. The summed E-state index contributed by atoms with van der Waals surface area (Å²) < 4.78 is 1.97. The zero-order valence-electron chi connectivity index (χ0n) is 15.6. The van der Waals surface area contributed by atoms with E-state index in [1.54, 1.807) is 0 Å². The highest BCUT2D eigenvalue weighted by Crippen LogP contribution is 2.23. The van der Waals surface area contributed by atoms with Crippen molar-refractivity contribution >= 4 is 0 Å². The zero-order valence-corrected chi connectivity index (χ0v) is 15.6. The van der Waals surface area contributed by atoms with Crippen LogP contribution in [-0.2, 0) is 6.54 Å². The summed E-state index contributed by atoms with van der Waals surface area (Å²) in [5, 5.41) is 17.9. The highest BCUT2D eigenvalue weighted by atomic mass is 16.3. The Morgan fingerprint density at radius 3 is 2.42 bits per heavy atom. The topological polar surface area (TPSA) is 50.1 Å². The van der Waals surface area contributed by atoms with Gasteiger partial charge in [0.2, 0.25) is 0 Å². The lowest BCUT2D eigenvalue weighted by atomic mass is 9.87. The predicted molar refractivity (Wildman–Crippen MR) is 99.4 cm³/mol. The van der Waals surface area contributed by atoms with Gasteiger partial charge in [-0.15, -0.1) is 0 Å². The van der Waals surface area contributed by atoms with Gasteiger partial charge in [-0.3, -0.25) is 0 Å². The summed E-state index contributed by atoms with van der Waals surface area (Å²) >= 11 is 0. The third-order valence-corrected chi connectivity index (χ3v) is 4.16. The molecule has 0 aliphatic heterocycles. The van der Waals surface area contributed by atoms with Crippen molar-refractivity contribution < 1.29 is 5.11 Å². The molecular weight excluding hydrogens is 298 g/mol. The molecule has 1 heterocycles. The molecular formula is C20H31N3O. The van der Waals surface area contributed by atoms with Gasteiger partial charge in [-0.25, -0.2) is 4.68 Å². The number of nitrogens with one attached hydrogen (secondary N) is 1. The minimum atomic E-state index is -0.270. The highest BCUT2D eigenvalue weighted by molar-refractivity contribution is 5.33. The molecule has 132 valence electrons. The monoisotopic (exact) mass is 329 g/mol. The van der Waals surface area contributed by atoms with Gasteiger partial charge in [-0.05, 0) is 36.8 Å². The molecule has 4 heteroatoms. The van der Waals surface area contributed by atoms with E-state index in [-0.39, 0.29) is 11.5 Å². The first kappa shape index (κ1) is 18.7. The second-order valence-corrected chi connectivity index (χ2v) is 7.80. The molecule has 0 fully saturated rings. The molecule has 4 nitrogen and oxygen atoms in total. The summed E-state index contributed by atoms with van der Waals surface area (Å²) in [4.78, 5) is 0. The molecule has 0 radical (unpaired) electrons. The van der Waals surface area contributed by atoms with Crippen LogP contribution in [0.15, 0.2) is 36.5 Å². The van der Waals surface area contributed by atoms with Gasteiger partial charge >= 0.3 is 0 Å². The second-order valence-electron chi connectivity index (χ2n) is 7.80. The average molecular weight is 329 g/mol. The molecule has 0 aliphatic rings. The predicted octanol–water partition coefficient (Wildman–Crippen LogP) is 3.88. The summed E-state index contributed by atoms with van der Waals surface area (Å²) in [5.74, 6) is 0.386. The summed E-state index contributed by atoms with van der Waals surface area (Å²) in [5.41, 5.74) is 3.53. The molecule has 2 aromatic rings. The minimum absolute atomic E-state index is 0.0710. The van der Waals surface area contributed by atoms with Gasteiger partial charge in [-0.1, -0.05) is 45.9 Å². The summed E-state index contributed by atoms with van der Waals surface area (Å²) in [6.45, 7) is 12.2. The first-order chi connectivity index (χ1) is 11.3. The van der Waals surface area contributed by atoms with Crippen molar-refractivity contribution in [3.8, 4) is 5.69 Å². The third-order valence-electron chi connectivity index (χ3n) is 4.16. The number of para-hydroxylation sites is 1. The Morgan fingerprint density at radius 2 is 1.83 bits per heavy atom. The van der Waals surface area contributed by atoms with Crippen LogP contribution in [0.25, 0.3) is 5.69 Å². The summed E-state index contributed by atoms with van der Waals surface area (Å²) in [6.07, 6.45) is 2.65. The standard InChI is InChI=1S/C20H31N3O/c1-15(2)19-17(12-21-14-20(4,5)11-16(3)24)13-23(22-19)18-9-7-6-8-10-18/h6-10,13,15-16,21,24H,11-12,14H2,1-5H3. The van der Waals surface area contributed by atoms with Crippen molar-refractivity contribution in [2.24, 2.45) is 5.41 Å². The van der Waals surface area contributed by atoms with Crippen LogP contribution in [0.5, 0.6) is 0 Å². The Hall–Kier alpha value is -1.65. The molecule has 0 amide bonds. The number of aliphatic hydroxyl groups is 1. The van der Waals surface area contributed by atoms with Crippen molar-refractivity contribution in [1.82, 2.24) is 15.1 Å².